The van der Waals surface area contributed by atoms with Crippen molar-refractivity contribution in [3.05, 3.63) is 59.7 Å². The van der Waals surface area contributed by atoms with Crippen molar-refractivity contribution in [2.45, 2.75) is 31.8 Å². The van der Waals surface area contributed by atoms with Crippen LogP contribution in [0.15, 0.2) is 42.5 Å². The standard InChI is InChI=1S/C25H31F2N3O2/c1-29-14-19(25(31)28-22-7-3-4-8-24(22)32-2)13-23(29)17-6-5-11-30(15-17)16-18-12-20(26)9-10-21(18)27/h3-4,7-10,12,17,19,23H,5-6,11,13-16H2,1-2H3,(H,28,31). The van der Waals surface area contributed by atoms with Gasteiger partial charge < -0.3 is 15.0 Å². The van der Waals surface area contributed by atoms with Crippen LogP contribution in [0.3, 0.4) is 0 Å². The molecule has 0 radical (unpaired) electrons. The predicted molar refractivity (Wildman–Crippen MR) is 121 cm³/mol. The number of rotatable bonds is 6. The highest BCUT2D eigenvalue weighted by atomic mass is 19.1. The molecular weight excluding hydrogens is 412 g/mol. The first-order valence-corrected chi connectivity index (χ1v) is 11.2. The number of anilines is 1. The lowest BCUT2D eigenvalue weighted by molar-refractivity contribution is -0.119. The Balaban J connectivity index is 1.37. The molecule has 1 N–H and O–H groups in total. The van der Waals surface area contributed by atoms with E-state index in [4.69, 9.17) is 4.74 Å². The highest BCUT2D eigenvalue weighted by molar-refractivity contribution is 5.94. The number of methoxy groups -OCH3 is 1. The van der Waals surface area contributed by atoms with Gasteiger partial charge in [0.1, 0.15) is 17.4 Å². The molecule has 5 nitrogen and oxygen atoms in total. The molecule has 2 aromatic carbocycles. The number of carbonyl (C=O) groups is 1. The molecule has 172 valence electrons. The Hall–Kier alpha value is -2.51. The predicted octanol–water partition coefficient (Wildman–Crippen LogP) is 4.14. The van der Waals surface area contributed by atoms with Crippen LogP contribution < -0.4 is 10.1 Å². The van der Waals surface area contributed by atoms with Crippen molar-refractivity contribution in [3.8, 4) is 5.75 Å². The summed E-state index contributed by atoms with van der Waals surface area (Å²) < 4.78 is 33.0. The van der Waals surface area contributed by atoms with E-state index >= 15 is 0 Å². The Morgan fingerprint density at radius 3 is 2.81 bits per heavy atom. The average Bonchev–Trinajstić information content (AvgIpc) is 3.19. The molecule has 32 heavy (non-hydrogen) atoms. The van der Waals surface area contributed by atoms with Crippen molar-refractivity contribution < 1.29 is 18.3 Å². The number of nitrogens with one attached hydrogen (secondary N) is 1. The van der Waals surface area contributed by atoms with E-state index in [-0.39, 0.29) is 17.6 Å². The molecule has 0 spiro atoms. The van der Waals surface area contributed by atoms with Gasteiger partial charge in [0.15, 0.2) is 0 Å². The fourth-order valence-corrected chi connectivity index (χ4v) is 5.21. The second kappa shape index (κ2) is 9.96. The van der Waals surface area contributed by atoms with Crippen LogP contribution in [0.4, 0.5) is 14.5 Å². The zero-order valence-electron chi connectivity index (χ0n) is 18.7. The van der Waals surface area contributed by atoms with Crippen LogP contribution in [0.1, 0.15) is 24.8 Å². The SMILES string of the molecule is COc1ccccc1NC(=O)C1CC(C2CCCN(Cc3cc(F)ccc3F)C2)N(C)C1. The maximum atomic E-state index is 14.1. The van der Waals surface area contributed by atoms with Gasteiger partial charge in [-0.1, -0.05) is 12.1 Å². The van der Waals surface area contributed by atoms with Gasteiger partial charge in [-0.25, -0.2) is 8.78 Å². The number of amides is 1. The summed E-state index contributed by atoms with van der Waals surface area (Å²) >= 11 is 0. The van der Waals surface area contributed by atoms with Crippen LogP contribution in [0, 0.1) is 23.5 Å². The van der Waals surface area contributed by atoms with Crippen molar-refractivity contribution in [2.24, 2.45) is 11.8 Å². The Morgan fingerprint density at radius 1 is 1.19 bits per heavy atom. The molecule has 3 unspecified atom stereocenters. The van der Waals surface area contributed by atoms with Crippen LogP contribution in [-0.4, -0.2) is 55.5 Å². The average molecular weight is 444 g/mol. The summed E-state index contributed by atoms with van der Waals surface area (Å²) in [5, 5.41) is 3.02. The maximum absolute atomic E-state index is 14.1. The molecule has 3 atom stereocenters. The Morgan fingerprint density at radius 2 is 2.00 bits per heavy atom. The first-order valence-electron chi connectivity index (χ1n) is 11.2. The fraction of sp³-hybridized carbons (Fsp3) is 0.480. The molecule has 0 aromatic heterocycles. The lowest BCUT2D eigenvalue weighted by atomic mass is 9.87. The van der Waals surface area contributed by atoms with E-state index in [9.17, 15) is 13.6 Å². The quantitative estimate of drug-likeness (QED) is 0.729. The molecule has 1 amide bonds. The summed E-state index contributed by atoms with van der Waals surface area (Å²) in [5.74, 6) is 0.198. The van der Waals surface area contributed by atoms with Crippen molar-refractivity contribution in [3.63, 3.8) is 0 Å². The summed E-state index contributed by atoms with van der Waals surface area (Å²) in [5.41, 5.74) is 1.09. The highest BCUT2D eigenvalue weighted by Gasteiger charge is 2.39. The van der Waals surface area contributed by atoms with Crippen LogP contribution in [0.2, 0.25) is 0 Å². The summed E-state index contributed by atoms with van der Waals surface area (Å²) in [6.07, 6.45) is 2.90. The number of hydrogen-bond acceptors (Lipinski definition) is 4. The van der Waals surface area contributed by atoms with Gasteiger partial charge in [-0.3, -0.25) is 9.69 Å². The summed E-state index contributed by atoms with van der Waals surface area (Å²) in [7, 11) is 3.67. The van der Waals surface area contributed by atoms with Crippen molar-refractivity contribution in [2.75, 3.05) is 39.1 Å². The van der Waals surface area contributed by atoms with Gasteiger partial charge in [-0.2, -0.15) is 0 Å². The minimum absolute atomic E-state index is 0.0124. The summed E-state index contributed by atoms with van der Waals surface area (Å²) in [4.78, 5) is 17.4. The topological polar surface area (TPSA) is 44.8 Å². The van der Waals surface area contributed by atoms with Gasteiger partial charge in [-0.05, 0) is 69.1 Å². The molecule has 4 rings (SSSR count). The normalized spacial score (nSPS) is 24.4. The first kappa shape index (κ1) is 22.7. The van der Waals surface area contributed by atoms with E-state index in [2.05, 4.69) is 22.2 Å². The zero-order valence-corrected chi connectivity index (χ0v) is 18.7. The molecule has 2 aliphatic rings. The number of nitrogens with zero attached hydrogens (tertiary/aromatic N) is 2. The van der Waals surface area contributed by atoms with Gasteiger partial charge in [-0.15, -0.1) is 0 Å². The number of hydrogen-bond donors (Lipinski definition) is 1. The number of para-hydroxylation sites is 2. The first-order chi connectivity index (χ1) is 15.4. The third kappa shape index (κ3) is 5.10. The minimum atomic E-state index is -0.408. The van der Waals surface area contributed by atoms with E-state index in [1.54, 1.807) is 7.11 Å². The van der Waals surface area contributed by atoms with E-state index in [0.29, 0.717) is 42.0 Å². The molecule has 0 saturated carbocycles. The van der Waals surface area contributed by atoms with Crippen LogP contribution in [0.5, 0.6) is 5.75 Å². The van der Waals surface area contributed by atoms with Gasteiger partial charge in [0.25, 0.3) is 0 Å². The fourth-order valence-electron chi connectivity index (χ4n) is 5.21. The minimum Gasteiger partial charge on any atom is -0.495 e. The third-order valence-corrected chi connectivity index (χ3v) is 6.82. The summed E-state index contributed by atoms with van der Waals surface area (Å²) in [6, 6.07) is 11.4. The van der Waals surface area contributed by atoms with Gasteiger partial charge in [0.2, 0.25) is 5.91 Å². The number of benzene rings is 2. The lowest BCUT2D eigenvalue weighted by Crippen LogP contribution is -2.43. The smallest absolute Gasteiger partial charge is 0.228 e. The largest absolute Gasteiger partial charge is 0.495 e. The number of carbonyl (C=O) groups excluding carboxylic acids is 1. The molecule has 2 heterocycles. The van der Waals surface area contributed by atoms with Crippen molar-refractivity contribution >= 4 is 11.6 Å². The van der Waals surface area contributed by atoms with Crippen molar-refractivity contribution in [1.82, 2.24) is 9.80 Å². The van der Waals surface area contributed by atoms with Crippen molar-refractivity contribution in [1.29, 1.82) is 0 Å². The monoisotopic (exact) mass is 443 g/mol. The molecule has 2 aliphatic heterocycles. The second-order valence-electron chi connectivity index (χ2n) is 9.00. The molecule has 0 aliphatic carbocycles. The number of ether oxygens (including phenoxy) is 1. The molecule has 7 heteroatoms. The Kier molecular flexibility index (Phi) is 7.06. The Labute approximate surface area is 188 Å². The number of halogens is 2. The molecule has 2 aromatic rings. The molecule has 0 bridgehead atoms. The second-order valence-corrected chi connectivity index (χ2v) is 9.00. The lowest BCUT2D eigenvalue weighted by Gasteiger charge is -2.38. The number of piperidine rings is 1. The Bertz CT molecular complexity index is 955. The van der Waals surface area contributed by atoms with Crippen LogP contribution in [-0.2, 0) is 11.3 Å². The van der Waals surface area contributed by atoms with Gasteiger partial charge in [0.05, 0.1) is 18.7 Å². The highest BCUT2D eigenvalue weighted by Crippen LogP contribution is 2.34. The van der Waals surface area contributed by atoms with E-state index in [1.165, 1.54) is 12.1 Å². The van der Waals surface area contributed by atoms with Crippen LogP contribution >= 0.6 is 0 Å². The van der Waals surface area contributed by atoms with Gasteiger partial charge >= 0.3 is 0 Å². The molecular formula is C25H31F2N3O2. The van der Waals surface area contributed by atoms with E-state index in [1.807, 2.05) is 24.3 Å². The van der Waals surface area contributed by atoms with Crippen LogP contribution in [0.25, 0.3) is 0 Å². The third-order valence-electron chi connectivity index (χ3n) is 6.82. The number of likely N-dealkylation sites (tertiary alicyclic amines) is 2. The van der Waals surface area contributed by atoms with Gasteiger partial charge in [0, 0.05) is 31.2 Å². The van der Waals surface area contributed by atoms with E-state index in [0.717, 1.165) is 38.4 Å². The molecule has 2 fully saturated rings. The maximum Gasteiger partial charge on any atom is 0.228 e. The summed E-state index contributed by atoms with van der Waals surface area (Å²) in [6.45, 7) is 2.82. The van der Waals surface area contributed by atoms with E-state index < -0.39 is 5.82 Å². The zero-order chi connectivity index (χ0) is 22.7. The molecule has 2 saturated heterocycles.